The molecule has 0 unspecified atom stereocenters. The topological polar surface area (TPSA) is 63.7 Å². The molecule has 0 N–H and O–H groups in total. The molecule has 0 aliphatic heterocycles. The lowest BCUT2D eigenvalue weighted by atomic mass is 10.1. The molecule has 26 heavy (non-hydrogen) atoms. The van der Waals surface area contributed by atoms with Crippen molar-refractivity contribution in [2.45, 2.75) is 30.3 Å². The number of nitrogens with zero attached hydrogens (tertiary/aromatic N) is 1. The Labute approximate surface area is 158 Å². The second-order valence-corrected chi connectivity index (χ2v) is 8.82. The quantitative estimate of drug-likeness (QED) is 0.752. The minimum Gasteiger partial charge on any atom is -0.497 e. The van der Waals surface area contributed by atoms with Crippen molar-refractivity contribution in [2.24, 2.45) is 0 Å². The number of hydrogen-bond acceptors (Lipinski definition) is 4. The van der Waals surface area contributed by atoms with E-state index in [1.165, 1.54) is 12.1 Å². The van der Waals surface area contributed by atoms with Crippen LogP contribution in [0.1, 0.15) is 28.8 Å². The van der Waals surface area contributed by atoms with Crippen LogP contribution in [0.15, 0.2) is 47.4 Å². The molecule has 2 aromatic carbocycles. The van der Waals surface area contributed by atoms with Gasteiger partial charge in [0.1, 0.15) is 5.75 Å². The highest BCUT2D eigenvalue weighted by molar-refractivity contribution is 7.90. The molecule has 0 radical (unpaired) electrons. The summed E-state index contributed by atoms with van der Waals surface area (Å²) < 4.78 is 28.9. The average Bonchev–Trinajstić information content (AvgIpc) is 3.44. The Morgan fingerprint density at radius 3 is 2.38 bits per heavy atom. The lowest BCUT2D eigenvalue weighted by Crippen LogP contribution is -2.32. The highest BCUT2D eigenvalue weighted by atomic mass is 35.5. The van der Waals surface area contributed by atoms with Crippen molar-refractivity contribution in [1.29, 1.82) is 0 Å². The Hall–Kier alpha value is -2.05. The molecular weight excluding hydrogens is 374 g/mol. The summed E-state index contributed by atoms with van der Waals surface area (Å²) in [5.74, 6) is 0.568. The molecule has 1 amide bonds. The summed E-state index contributed by atoms with van der Waals surface area (Å²) in [7, 11) is -1.90. The fourth-order valence-electron chi connectivity index (χ4n) is 2.77. The standard InChI is InChI=1S/C19H20ClNO4S/c1-25-16-8-3-13(4-9-16)12-21(15-6-7-15)19(22)14-5-10-17(20)18(11-14)26(2,23)24/h3-5,8-11,15H,6-7,12H2,1-2H3. The maximum absolute atomic E-state index is 13.0. The van der Waals surface area contributed by atoms with Crippen molar-refractivity contribution in [3.8, 4) is 5.75 Å². The Balaban J connectivity index is 1.87. The van der Waals surface area contributed by atoms with Crippen LogP contribution >= 0.6 is 11.6 Å². The van der Waals surface area contributed by atoms with Crippen LogP contribution in [0, 0.1) is 0 Å². The first-order valence-corrected chi connectivity index (χ1v) is 10.5. The van der Waals surface area contributed by atoms with Gasteiger partial charge in [-0.05, 0) is 48.7 Å². The van der Waals surface area contributed by atoms with Gasteiger partial charge in [0.2, 0.25) is 0 Å². The van der Waals surface area contributed by atoms with Gasteiger partial charge in [-0.2, -0.15) is 0 Å². The van der Waals surface area contributed by atoms with Crippen LogP contribution in [0.2, 0.25) is 5.02 Å². The van der Waals surface area contributed by atoms with Crippen molar-refractivity contribution in [3.63, 3.8) is 0 Å². The molecule has 0 bridgehead atoms. The smallest absolute Gasteiger partial charge is 0.254 e. The minimum absolute atomic E-state index is 0.0230. The van der Waals surface area contributed by atoms with Gasteiger partial charge in [-0.15, -0.1) is 0 Å². The lowest BCUT2D eigenvalue weighted by molar-refractivity contribution is 0.0729. The summed E-state index contributed by atoms with van der Waals surface area (Å²) in [6.45, 7) is 0.463. The third-order valence-electron chi connectivity index (χ3n) is 4.34. The molecule has 0 spiro atoms. The van der Waals surface area contributed by atoms with Gasteiger partial charge in [-0.3, -0.25) is 4.79 Å². The number of hydrogen-bond donors (Lipinski definition) is 0. The zero-order chi connectivity index (χ0) is 18.9. The molecule has 0 aromatic heterocycles. The van der Waals surface area contributed by atoms with E-state index in [2.05, 4.69) is 0 Å². The minimum atomic E-state index is -3.50. The van der Waals surface area contributed by atoms with Crippen molar-refractivity contribution in [3.05, 3.63) is 58.6 Å². The number of carbonyl (C=O) groups excluding carboxylic acids is 1. The molecule has 1 fully saturated rings. The molecule has 0 heterocycles. The molecule has 1 aliphatic rings. The first kappa shape index (κ1) is 18.7. The normalized spacial score (nSPS) is 14.1. The van der Waals surface area contributed by atoms with Crippen LogP contribution in [0.4, 0.5) is 0 Å². The molecule has 7 heteroatoms. The maximum atomic E-state index is 13.0. The summed E-state index contributed by atoms with van der Waals surface area (Å²) in [5.41, 5.74) is 1.32. The van der Waals surface area contributed by atoms with Crippen LogP contribution < -0.4 is 4.74 Å². The van der Waals surface area contributed by atoms with Gasteiger partial charge in [-0.1, -0.05) is 23.7 Å². The van der Waals surface area contributed by atoms with E-state index in [1.54, 1.807) is 18.1 Å². The fraction of sp³-hybridized carbons (Fsp3) is 0.316. The van der Waals surface area contributed by atoms with Crippen LogP contribution in [-0.4, -0.2) is 38.6 Å². The zero-order valence-electron chi connectivity index (χ0n) is 14.6. The van der Waals surface area contributed by atoms with Crippen LogP contribution in [-0.2, 0) is 16.4 Å². The van der Waals surface area contributed by atoms with E-state index in [1.807, 2.05) is 24.3 Å². The number of benzene rings is 2. The second kappa shape index (κ2) is 7.29. The van der Waals surface area contributed by atoms with Gasteiger partial charge in [0.15, 0.2) is 9.84 Å². The monoisotopic (exact) mass is 393 g/mol. The first-order chi connectivity index (χ1) is 12.3. The largest absolute Gasteiger partial charge is 0.497 e. The SMILES string of the molecule is COc1ccc(CN(C(=O)c2ccc(Cl)c(S(C)(=O)=O)c2)C2CC2)cc1. The number of sulfone groups is 1. The van der Waals surface area contributed by atoms with Crippen molar-refractivity contribution >= 4 is 27.3 Å². The fourth-order valence-corrected chi connectivity index (χ4v) is 4.07. The molecule has 3 rings (SSSR count). The third kappa shape index (κ3) is 4.19. The third-order valence-corrected chi connectivity index (χ3v) is 5.92. The van der Waals surface area contributed by atoms with E-state index in [4.69, 9.17) is 16.3 Å². The number of methoxy groups -OCH3 is 1. The van der Waals surface area contributed by atoms with Gasteiger partial charge in [0, 0.05) is 24.4 Å². The summed E-state index contributed by atoms with van der Waals surface area (Å²) in [6, 6.07) is 12.1. The summed E-state index contributed by atoms with van der Waals surface area (Å²) in [5, 5.41) is 0.122. The van der Waals surface area contributed by atoms with Crippen molar-refractivity contribution < 1.29 is 17.9 Å². The first-order valence-electron chi connectivity index (χ1n) is 8.23. The van der Waals surface area contributed by atoms with Crippen LogP contribution in [0.3, 0.4) is 0 Å². The molecule has 1 saturated carbocycles. The van der Waals surface area contributed by atoms with Crippen LogP contribution in [0.5, 0.6) is 5.75 Å². The predicted molar refractivity (Wildman–Crippen MR) is 100 cm³/mol. The van der Waals surface area contributed by atoms with Gasteiger partial charge in [-0.25, -0.2) is 8.42 Å². The number of halogens is 1. The van der Waals surface area contributed by atoms with E-state index in [0.717, 1.165) is 30.4 Å². The number of amides is 1. The number of carbonyl (C=O) groups is 1. The van der Waals surface area contributed by atoms with Crippen molar-refractivity contribution in [2.75, 3.05) is 13.4 Å². The Morgan fingerprint density at radius 2 is 1.85 bits per heavy atom. The predicted octanol–water partition coefficient (Wildman–Crippen LogP) is 3.56. The van der Waals surface area contributed by atoms with E-state index >= 15 is 0 Å². The van der Waals surface area contributed by atoms with Gasteiger partial charge >= 0.3 is 0 Å². The van der Waals surface area contributed by atoms with Gasteiger partial charge in [0.25, 0.3) is 5.91 Å². The highest BCUT2D eigenvalue weighted by Crippen LogP contribution is 2.31. The van der Waals surface area contributed by atoms with Gasteiger partial charge < -0.3 is 9.64 Å². The Bertz CT molecular complexity index is 921. The Kier molecular flexibility index (Phi) is 5.25. The molecule has 0 saturated heterocycles. The highest BCUT2D eigenvalue weighted by Gasteiger charge is 2.33. The molecule has 2 aromatic rings. The summed E-state index contributed by atoms with van der Waals surface area (Å²) in [6.07, 6.45) is 2.99. The van der Waals surface area contributed by atoms with E-state index in [9.17, 15) is 13.2 Å². The van der Waals surface area contributed by atoms with Crippen molar-refractivity contribution in [1.82, 2.24) is 4.90 Å². The molecular formula is C19H20ClNO4S. The maximum Gasteiger partial charge on any atom is 0.254 e. The summed E-state index contributed by atoms with van der Waals surface area (Å²) >= 11 is 5.98. The molecule has 1 aliphatic carbocycles. The molecule has 5 nitrogen and oxygen atoms in total. The van der Waals surface area contributed by atoms with E-state index < -0.39 is 9.84 Å². The molecule has 0 atom stereocenters. The lowest BCUT2D eigenvalue weighted by Gasteiger charge is -2.23. The number of ether oxygens (including phenoxy) is 1. The zero-order valence-corrected chi connectivity index (χ0v) is 16.2. The van der Waals surface area contributed by atoms with E-state index in [-0.39, 0.29) is 21.9 Å². The van der Waals surface area contributed by atoms with E-state index in [0.29, 0.717) is 12.1 Å². The average molecular weight is 394 g/mol. The van der Waals surface area contributed by atoms with Gasteiger partial charge in [0.05, 0.1) is 17.0 Å². The van der Waals surface area contributed by atoms with Crippen LogP contribution in [0.25, 0.3) is 0 Å². The second-order valence-electron chi connectivity index (χ2n) is 6.43. The molecule has 138 valence electrons. The summed E-state index contributed by atoms with van der Waals surface area (Å²) in [4.78, 5) is 14.8. The Morgan fingerprint density at radius 1 is 1.19 bits per heavy atom. The number of rotatable bonds is 6.